The minimum atomic E-state index is -0.781. The molecule has 0 aromatic heterocycles. The normalized spacial score (nSPS) is 10.4. The van der Waals surface area contributed by atoms with Crippen LogP contribution in [-0.4, -0.2) is 11.0 Å². The van der Waals surface area contributed by atoms with Gasteiger partial charge >= 0.3 is 0 Å². The van der Waals surface area contributed by atoms with Gasteiger partial charge in [-0.1, -0.05) is 11.6 Å². The number of carbonyl (C=O) groups excluding carboxylic acids is 1. The van der Waals surface area contributed by atoms with Crippen LogP contribution in [0.25, 0.3) is 0 Å². The fourth-order valence-corrected chi connectivity index (χ4v) is 1.96. The lowest BCUT2D eigenvalue weighted by Crippen LogP contribution is -2.13. The van der Waals surface area contributed by atoms with Crippen LogP contribution in [0.3, 0.4) is 0 Å². The number of amides is 1. The summed E-state index contributed by atoms with van der Waals surface area (Å²) < 4.78 is 26.8. The van der Waals surface area contributed by atoms with E-state index >= 15 is 0 Å². The van der Waals surface area contributed by atoms with Gasteiger partial charge in [-0.05, 0) is 40.2 Å². The maximum absolute atomic E-state index is 13.6. The number of nitrogens with one attached hydrogen (secondary N) is 1. The van der Waals surface area contributed by atoms with Crippen LogP contribution in [0.2, 0.25) is 5.02 Å². The molecule has 0 atom stereocenters. The monoisotopic (exact) mass is 361 g/mol. The Labute approximate surface area is 126 Å². The first-order valence-corrected chi connectivity index (χ1v) is 6.50. The number of phenols is 1. The second-order valence-corrected chi connectivity index (χ2v) is 5.13. The summed E-state index contributed by atoms with van der Waals surface area (Å²) in [5.41, 5.74) is -0.185. The number of anilines is 1. The second kappa shape index (κ2) is 5.76. The fourth-order valence-electron chi connectivity index (χ4n) is 1.46. The Morgan fingerprint density at radius 2 is 1.90 bits per heavy atom. The Balaban J connectivity index is 2.27. The van der Waals surface area contributed by atoms with Crippen LogP contribution in [0, 0.1) is 11.6 Å². The van der Waals surface area contributed by atoms with Gasteiger partial charge in [-0.15, -0.1) is 0 Å². The highest BCUT2D eigenvalue weighted by Gasteiger charge is 2.13. The lowest BCUT2D eigenvalue weighted by Gasteiger charge is -2.08. The van der Waals surface area contributed by atoms with Crippen molar-refractivity contribution in [2.75, 3.05) is 5.32 Å². The highest BCUT2D eigenvalue weighted by atomic mass is 79.9. The quantitative estimate of drug-likeness (QED) is 0.781. The van der Waals surface area contributed by atoms with Crippen molar-refractivity contribution >= 4 is 39.1 Å². The zero-order valence-corrected chi connectivity index (χ0v) is 12.1. The minimum Gasteiger partial charge on any atom is -0.506 e. The van der Waals surface area contributed by atoms with Gasteiger partial charge in [0.1, 0.15) is 17.4 Å². The van der Waals surface area contributed by atoms with Crippen LogP contribution >= 0.6 is 27.5 Å². The summed E-state index contributed by atoms with van der Waals surface area (Å²) in [4.78, 5) is 11.9. The predicted molar refractivity (Wildman–Crippen MR) is 75.1 cm³/mol. The van der Waals surface area contributed by atoms with Gasteiger partial charge in [-0.2, -0.15) is 0 Å². The lowest BCUT2D eigenvalue weighted by molar-refractivity contribution is 0.102. The summed E-state index contributed by atoms with van der Waals surface area (Å²) in [5, 5.41) is 11.5. The van der Waals surface area contributed by atoms with Crippen molar-refractivity contribution in [3.8, 4) is 5.75 Å². The van der Waals surface area contributed by atoms with Crippen molar-refractivity contribution < 1.29 is 18.7 Å². The molecule has 20 heavy (non-hydrogen) atoms. The smallest absolute Gasteiger partial charge is 0.255 e. The molecule has 2 N–H and O–H groups in total. The molecule has 0 aliphatic carbocycles. The standard InChI is InChI=1S/C13H7BrClF2NO2/c14-7-4-10(17)11(5-9(7)16)18-13(20)6-1-2-12(19)8(15)3-6/h1-5,19H,(H,18,20). The molecule has 3 nitrogen and oxygen atoms in total. The van der Waals surface area contributed by atoms with E-state index in [0.29, 0.717) is 0 Å². The Hall–Kier alpha value is -1.66. The van der Waals surface area contributed by atoms with Crippen molar-refractivity contribution in [2.24, 2.45) is 0 Å². The summed E-state index contributed by atoms with van der Waals surface area (Å²) in [6.45, 7) is 0. The second-order valence-electron chi connectivity index (χ2n) is 3.87. The third-order valence-electron chi connectivity index (χ3n) is 2.47. The number of hydrogen-bond acceptors (Lipinski definition) is 2. The molecule has 0 saturated heterocycles. The summed E-state index contributed by atoms with van der Waals surface area (Å²) in [5.74, 6) is -2.33. The minimum absolute atomic E-state index is 0.0138. The number of halogens is 4. The van der Waals surface area contributed by atoms with Gasteiger partial charge in [0, 0.05) is 11.6 Å². The van der Waals surface area contributed by atoms with Gasteiger partial charge in [0.2, 0.25) is 0 Å². The first-order chi connectivity index (χ1) is 9.38. The SMILES string of the molecule is O=C(Nc1cc(F)c(Br)cc1F)c1ccc(O)c(Cl)c1. The highest BCUT2D eigenvalue weighted by Crippen LogP contribution is 2.26. The molecule has 104 valence electrons. The molecule has 1 amide bonds. The van der Waals surface area contributed by atoms with E-state index in [1.807, 2.05) is 0 Å². The van der Waals surface area contributed by atoms with Gasteiger partial charge in [0.15, 0.2) is 0 Å². The van der Waals surface area contributed by atoms with Crippen LogP contribution in [0.1, 0.15) is 10.4 Å². The molecule has 0 radical (unpaired) electrons. The average molecular weight is 363 g/mol. The maximum Gasteiger partial charge on any atom is 0.255 e. The zero-order chi connectivity index (χ0) is 14.9. The average Bonchev–Trinajstić information content (AvgIpc) is 2.39. The summed E-state index contributed by atoms with van der Waals surface area (Å²) in [6, 6.07) is 5.53. The van der Waals surface area contributed by atoms with Crippen molar-refractivity contribution in [1.82, 2.24) is 0 Å². The largest absolute Gasteiger partial charge is 0.506 e. The Kier molecular flexibility index (Phi) is 4.25. The molecule has 2 aromatic carbocycles. The maximum atomic E-state index is 13.6. The summed E-state index contributed by atoms with van der Waals surface area (Å²) in [6.07, 6.45) is 0. The molecule has 0 fully saturated rings. The molecule has 0 bridgehead atoms. The summed E-state index contributed by atoms with van der Waals surface area (Å²) >= 11 is 8.50. The number of rotatable bonds is 2. The van der Waals surface area contributed by atoms with Crippen molar-refractivity contribution in [3.05, 3.63) is 57.0 Å². The number of hydrogen-bond donors (Lipinski definition) is 2. The van der Waals surface area contributed by atoms with Gasteiger partial charge in [0.05, 0.1) is 15.2 Å². The Bertz CT molecular complexity index is 694. The fraction of sp³-hybridized carbons (Fsp3) is 0. The van der Waals surface area contributed by atoms with E-state index in [4.69, 9.17) is 11.6 Å². The first-order valence-electron chi connectivity index (χ1n) is 5.33. The molecule has 2 aromatic rings. The van der Waals surface area contributed by atoms with E-state index in [9.17, 15) is 18.7 Å². The van der Waals surface area contributed by atoms with Crippen molar-refractivity contribution in [2.45, 2.75) is 0 Å². The lowest BCUT2D eigenvalue weighted by atomic mass is 10.2. The van der Waals surface area contributed by atoms with Crippen LogP contribution in [-0.2, 0) is 0 Å². The highest BCUT2D eigenvalue weighted by molar-refractivity contribution is 9.10. The molecule has 0 unspecified atom stereocenters. The molecule has 0 aliphatic heterocycles. The van der Waals surface area contributed by atoms with E-state index in [0.717, 1.165) is 12.1 Å². The molecule has 0 aliphatic rings. The number of benzene rings is 2. The van der Waals surface area contributed by atoms with Gasteiger partial charge < -0.3 is 10.4 Å². The van der Waals surface area contributed by atoms with Crippen LogP contribution in [0.5, 0.6) is 5.75 Å². The molecule has 0 saturated carbocycles. The topological polar surface area (TPSA) is 49.3 Å². The van der Waals surface area contributed by atoms with E-state index in [1.54, 1.807) is 0 Å². The number of phenolic OH excluding ortho intramolecular Hbond substituents is 1. The van der Waals surface area contributed by atoms with Gasteiger partial charge in [-0.3, -0.25) is 4.79 Å². The molecule has 7 heteroatoms. The third kappa shape index (κ3) is 3.08. The van der Waals surface area contributed by atoms with Crippen LogP contribution < -0.4 is 5.32 Å². The van der Waals surface area contributed by atoms with Gasteiger partial charge in [0.25, 0.3) is 5.91 Å². The van der Waals surface area contributed by atoms with Crippen molar-refractivity contribution in [1.29, 1.82) is 0 Å². The van der Waals surface area contributed by atoms with E-state index in [2.05, 4.69) is 21.2 Å². The van der Waals surface area contributed by atoms with E-state index in [-0.39, 0.29) is 26.5 Å². The van der Waals surface area contributed by atoms with E-state index in [1.165, 1.54) is 18.2 Å². The predicted octanol–water partition coefficient (Wildman–Crippen LogP) is 4.34. The van der Waals surface area contributed by atoms with Crippen molar-refractivity contribution in [3.63, 3.8) is 0 Å². The Morgan fingerprint density at radius 3 is 2.55 bits per heavy atom. The van der Waals surface area contributed by atoms with Crippen LogP contribution in [0.4, 0.5) is 14.5 Å². The summed E-state index contributed by atoms with van der Waals surface area (Å²) in [7, 11) is 0. The van der Waals surface area contributed by atoms with Gasteiger partial charge in [-0.25, -0.2) is 8.78 Å². The molecule has 2 rings (SSSR count). The first kappa shape index (κ1) is 14.7. The zero-order valence-electron chi connectivity index (χ0n) is 9.75. The molecule has 0 spiro atoms. The molecule has 0 heterocycles. The number of aromatic hydroxyl groups is 1. The molecular weight excluding hydrogens is 356 g/mol. The molecular formula is C13H7BrClF2NO2. The Morgan fingerprint density at radius 1 is 1.20 bits per heavy atom. The number of carbonyl (C=O) groups is 1. The third-order valence-corrected chi connectivity index (χ3v) is 3.38. The van der Waals surface area contributed by atoms with Crippen LogP contribution in [0.15, 0.2) is 34.8 Å². The van der Waals surface area contributed by atoms with E-state index < -0.39 is 17.5 Å².